The molecule has 5 rings (SSSR count). The maximum absolute atomic E-state index is 6.08. The molecule has 0 radical (unpaired) electrons. The molecule has 5 aromatic rings. The van der Waals surface area contributed by atoms with E-state index in [-0.39, 0.29) is 0 Å². The van der Waals surface area contributed by atoms with Gasteiger partial charge in [-0.05, 0) is 36.2 Å². The second kappa shape index (κ2) is 6.10. The molecule has 0 saturated heterocycles. The number of hydrogen-bond donors (Lipinski definition) is 1. The lowest BCUT2D eigenvalue weighted by Gasteiger charge is -2.08. The van der Waals surface area contributed by atoms with Gasteiger partial charge in [0.05, 0.1) is 22.3 Å². The van der Waals surface area contributed by atoms with Crippen LogP contribution in [0.15, 0.2) is 60.9 Å². The third kappa shape index (κ3) is 2.62. The van der Waals surface area contributed by atoms with E-state index in [0.29, 0.717) is 5.82 Å². The number of rotatable bonds is 2. The molecule has 0 fully saturated rings. The van der Waals surface area contributed by atoms with Crippen molar-refractivity contribution >= 4 is 38.5 Å². The van der Waals surface area contributed by atoms with Crippen molar-refractivity contribution in [3.63, 3.8) is 0 Å². The molecule has 6 heteroatoms. The molecule has 3 heterocycles. The van der Waals surface area contributed by atoms with Crippen molar-refractivity contribution in [1.82, 2.24) is 19.3 Å². The summed E-state index contributed by atoms with van der Waals surface area (Å²) in [5.74, 6) is 0.450. The fraction of sp³-hybridized carbons (Fsp3) is 0.0476. The number of fused-ring (bicyclic) bond motifs is 2. The molecular weight excluding hydrogens is 354 g/mol. The minimum absolute atomic E-state index is 0.450. The monoisotopic (exact) mass is 369 g/mol. The number of hydrogen-bond acceptors (Lipinski definition) is 6. The van der Waals surface area contributed by atoms with Gasteiger partial charge >= 0.3 is 0 Å². The summed E-state index contributed by atoms with van der Waals surface area (Å²) in [5.41, 5.74) is 12.0. The molecule has 2 aromatic carbocycles. The first-order chi connectivity index (χ1) is 13.2. The van der Waals surface area contributed by atoms with Gasteiger partial charge in [-0.25, -0.2) is 15.0 Å². The van der Waals surface area contributed by atoms with Crippen molar-refractivity contribution in [3.05, 3.63) is 66.5 Å². The summed E-state index contributed by atoms with van der Waals surface area (Å²) in [6.07, 6.45) is 1.47. The molecule has 0 aliphatic rings. The lowest BCUT2D eigenvalue weighted by molar-refractivity contribution is 1.24. The normalized spacial score (nSPS) is 11.3. The molecule has 0 bridgehead atoms. The van der Waals surface area contributed by atoms with Gasteiger partial charge in [-0.3, -0.25) is 0 Å². The Balaban J connectivity index is 1.73. The van der Waals surface area contributed by atoms with Crippen molar-refractivity contribution in [3.8, 4) is 22.5 Å². The second-order valence-corrected chi connectivity index (χ2v) is 7.14. The highest BCUT2D eigenvalue weighted by Gasteiger charge is 2.14. The number of nitrogens with zero attached hydrogens (tertiary/aromatic N) is 4. The molecule has 0 atom stereocenters. The van der Waals surface area contributed by atoms with Crippen molar-refractivity contribution < 1.29 is 0 Å². The Labute approximate surface area is 159 Å². The summed E-state index contributed by atoms with van der Waals surface area (Å²) >= 11 is 1.33. The molecule has 0 aliphatic heterocycles. The zero-order chi connectivity index (χ0) is 18.4. The molecule has 2 N–H and O–H groups in total. The number of anilines is 1. The summed E-state index contributed by atoms with van der Waals surface area (Å²) in [7, 11) is 0. The largest absolute Gasteiger partial charge is 0.383 e. The van der Waals surface area contributed by atoms with Crippen LogP contribution in [0.2, 0.25) is 0 Å². The van der Waals surface area contributed by atoms with Gasteiger partial charge in [0.2, 0.25) is 0 Å². The first-order valence-corrected chi connectivity index (χ1v) is 9.31. The number of aryl methyl sites for hydroxylation is 1. The lowest BCUT2D eigenvalue weighted by atomic mass is 10.0. The Kier molecular flexibility index (Phi) is 3.58. The number of nitrogen functional groups attached to an aromatic ring is 1. The van der Waals surface area contributed by atoms with Crippen LogP contribution in [0.1, 0.15) is 5.56 Å². The first-order valence-electron chi connectivity index (χ1n) is 8.54. The van der Waals surface area contributed by atoms with Crippen molar-refractivity contribution in [2.75, 3.05) is 5.73 Å². The van der Waals surface area contributed by atoms with Gasteiger partial charge in [0, 0.05) is 16.5 Å². The molecule has 0 unspecified atom stereocenters. The first kappa shape index (κ1) is 15.8. The molecule has 5 nitrogen and oxygen atoms in total. The van der Waals surface area contributed by atoms with Gasteiger partial charge in [-0.15, -0.1) is 0 Å². The average Bonchev–Trinajstić information content (AvgIpc) is 3.14. The highest BCUT2D eigenvalue weighted by atomic mass is 32.1. The Hall–Kier alpha value is -3.38. The highest BCUT2D eigenvalue weighted by molar-refractivity contribution is 7.13. The zero-order valence-corrected chi connectivity index (χ0v) is 15.4. The smallest absolute Gasteiger partial charge is 0.149 e. The summed E-state index contributed by atoms with van der Waals surface area (Å²) < 4.78 is 4.57. The Morgan fingerprint density at radius 2 is 1.78 bits per heavy atom. The molecule has 27 heavy (non-hydrogen) atoms. The fourth-order valence-electron chi connectivity index (χ4n) is 3.31. The zero-order valence-electron chi connectivity index (χ0n) is 14.5. The van der Waals surface area contributed by atoms with E-state index in [1.165, 1.54) is 23.4 Å². The van der Waals surface area contributed by atoms with Gasteiger partial charge < -0.3 is 5.73 Å². The van der Waals surface area contributed by atoms with Gasteiger partial charge in [0.25, 0.3) is 0 Å². The van der Waals surface area contributed by atoms with E-state index in [9.17, 15) is 0 Å². The van der Waals surface area contributed by atoms with Crippen molar-refractivity contribution in [1.29, 1.82) is 0 Å². The number of benzene rings is 2. The van der Waals surface area contributed by atoms with E-state index in [0.717, 1.165) is 43.6 Å². The summed E-state index contributed by atoms with van der Waals surface area (Å²) in [5, 5.41) is 1.93. The van der Waals surface area contributed by atoms with Crippen LogP contribution in [0.4, 0.5) is 5.82 Å². The Morgan fingerprint density at radius 3 is 2.63 bits per heavy atom. The highest BCUT2D eigenvalue weighted by Crippen LogP contribution is 2.34. The Morgan fingerprint density at radius 1 is 0.926 bits per heavy atom. The van der Waals surface area contributed by atoms with E-state index in [1.807, 2.05) is 18.2 Å². The third-order valence-corrected chi connectivity index (χ3v) is 5.42. The molecular formula is C21H15N5S. The summed E-state index contributed by atoms with van der Waals surface area (Å²) in [6, 6.07) is 18.5. The van der Waals surface area contributed by atoms with Crippen molar-refractivity contribution in [2.24, 2.45) is 0 Å². The van der Waals surface area contributed by atoms with Gasteiger partial charge in [0.1, 0.15) is 17.0 Å². The maximum atomic E-state index is 6.08. The summed E-state index contributed by atoms with van der Waals surface area (Å²) in [4.78, 5) is 14.1. The van der Waals surface area contributed by atoms with Gasteiger partial charge in [0.15, 0.2) is 0 Å². The fourth-order valence-corrected chi connectivity index (χ4v) is 4.07. The van der Waals surface area contributed by atoms with Crippen LogP contribution in [0, 0.1) is 6.92 Å². The second-order valence-electron chi connectivity index (χ2n) is 6.39. The summed E-state index contributed by atoms with van der Waals surface area (Å²) in [6.45, 7) is 2.11. The predicted octanol–water partition coefficient (Wildman–Crippen LogP) is 4.86. The van der Waals surface area contributed by atoms with Crippen LogP contribution in [-0.4, -0.2) is 19.3 Å². The number of pyridine rings is 1. The minimum Gasteiger partial charge on any atom is -0.383 e. The number of nitrogens with two attached hydrogens (primary N) is 1. The molecule has 0 spiro atoms. The van der Waals surface area contributed by atoms with Gasteiger partial charge in [-0.2, -0.15) is 4.37 Å². The number of aromatic nitrogens is 4. The van der Waals surface area contributed by atoms with E-state index < -0.39 is 0 Å². The lowest BCUT2D eigenvalue weighted by Crippen LogP contribution is -1.93. The Bertz CT molecular complexity index is 1290. The standard InChI is InChI=1S/C21H15N5S/c1-12-9-16(13-5-3-2-4-6-13)25-17-10-14(7-8-15(12)17)19-18-20(22)23-11-24-21(18)27-26-19/h2-11H,1H3,(H2,22,23,24). The van der Waals surface area contributed by atoms with Crippen LogP contribution in [0.25, 0.3) is 43.6 Å². The minimum atomic E-state index is 0.450. The van der Waals surface area contributed by atoms with Crippen LogP contribution in [0.3, 0.4) is 0 Å². The quantitative estimate of drug-likeness (QED) is 0.481. The average molecular weight is 369 g/mol. The molecule has 3 aromatic heterocycles. The van der Waals surface area contributed by atoms with E-state index in [1.54, 1.807) is 0 Å². The van der Waals surface area contributed by atoms with Crippen LogP contribution < -0.4 is 5.73 Å². The van der Waals surface area contributed by atoms with E-state index in [2.05, 4.69) is 57.7 Å². The molecule has 0 saturated carbocycles. The van der Waals surface area contributed by atoms with E-state index in [4.69, 9.17) is 10.7 Å². The molecule has 0 aliphatic carbocycles. The van der Waals surface area contributed by atoms with Gasteiger partial charge in [-0.1, -0.05) is 42.5 Å². The topological polar surface area (TPSA) is 77.6 Å². The van der Waals surface area contributed by atoms with Crippen molar-refractivity contribution in [2.45, 2.75) is 6.92 Å². The third-order valence-electron chi connectivity index (χ3n) is 4.66. The van der Waals surface area contributed by atoms with E-state index >= 15 is 0 Å². The maximum Gasteiger partial charge on any atom is 0.149 e. The van der Waals surface area contributed by atoms with Crippen LogP contribution in [0.5, 0.6) is 0 Å². The molecule has 0 amide bonds. The van der Waals surface area contributed by atoms with Crippen LogP contribution in [-0.2, 0) is 0 Å². The molecule has 130 valence electrons. The van der Waals surface area contributed by atoms with Crippen LogP contribution >= 0.6 is 11.5 Å². The predicted molar refractivity (Wildman–Crippen MR) is 111 cm³/mol. The SMILES string of the molecule is Cc1cc(-c2ccccc2)nc2cc(-c3nsc4ncnc(N)c34)ccc12.